The van der Waals surface area contributed by atoms with E-state index in [9.17, 15) is 0 Å². The lowest BCUT2D eigenvalue weighted by atomic mass is 10.3. The number of hydrogen-bond acceptors (Lipinski definition) is 2. The molecule has 0 saturated carbocycles. The third-order valence-corrected chi connectivity index (χ3v) is 1.30. The van der Waals surface area contributed by atoms with E-state index < -0.39 is 0 Å². The molecular formula is C9H17NO. The molecule has 0 saturated heterocycles. The Morgan fingerprint density at radius 3 is 2.82 bits per heavy atom. The van der Waals surface area contributed by atoms with Crippen LogP contribution in [0.1, 0.15) is 6.42 Å². The van der Waals surface area contributed by atoms with E-state index in [1.54, 1.807) is 13.2 Å². The Balaban J connectivity index is 3.22. The van der Waals surface area contributed by atoms with E-state index in [1.807, 2.05) is 13.1 Å². The normalized spacial score (nSPS) is 11.2. The lowest BCUT2D eigenvalue weighted by Crippen LogP contribution is -2.21. The molecule has 0 aromatic carbocycles. The van der Waals surface area contributed by atoms with Gasteiger partial charge in [0.2, 0.25) is 0 Å². The van der Waals surface area contributed by atoms with Gasteiger partial charge in [-0.2, -0.15) is 0 Å². The second-order valence-corrected chi connectivity index (χ2v) is 2.45. The molecule has 0 rings (SSSR count). The van der Waals surface area contributed by atoms with Gasteiger partial charge >= 0.3 is 0 Å². The summed E-state index contributed by atoms with van der Waals surface area (Å²) >= 11 is 0. The molecule has 0 aliphatic carbocycles. The molecule has 0 fully saturated rings. The van der Waals surface area contributed by atoms with Crippen LogP contribution in [0.2, 0.25) is 0 Å². The highest BCUT2D eigenvalue weighted by atomic mass is 16.5. The SMILES string of the molecule is C=C/C=C/CCN(C)COC. The molecule has 0 aliphatic heterocycles. The molecule has 0 N–H and O–H groups in total. The molecule has 0 spiro atoms. The van der Waals surface area contributed by atoms with Crippen molar-refractivity contribution in [1.29, 1.82) is 0 Å². The minimum Gasteiger partial charge on any atom is -0.369 e. The summed E-state index contributed by atoms with van der Waals surface area (Å²) in [6, 6.07) is 0. The Morgan fingerprint density at radius 2 is 2.27 bits per heavy atom. The predicted molar refractivity (Wildman–Crippen MR) is 48.5 cm³/mol. The van der Waals surface area contributed by atoms with Gasteiger partial charge in [-0.05, 0) is 13.5 Å². The number of rotatable bonds is 6. The molecule has 0 aromatic heterocycles. The monoisotopic (exact) mass is 155 g/mol. The fourth-order valence-electron chi connectivity index (χ4n) is 0.772. The quantitative estimate of drug-likeness (QED) is 0.427. The van der Waals surface area contributed by atoms with Crippen molar-refractivity contribution in [2.24, 2.45) is 0 Å². The van der Waals surface area contributed by atoms with Gasteiger partial charge in [0.1, 0.15) is 0 Å². The summed E-state index contributed by atoms with van der Waals surface area (Å²) < 4.78 is 4.94. The van der Waals surface area contributed by atoms with E-state index in [0.717, 1.165) is 13.0 Å². The first-order chi connectivity index (χ1) is 5.31. The smallest absolute Gasteiger partial charge is 0.0984 e. The summed E-state index contributed by atoms with van der Waals surface area (Å²) in [6.07, 6.45) is 6.89. The maximum atomic E-state index is 4.94. The molecule has 0 atom stereocenters. The predicted octanol–water partition coefficient (Wildman–Crippen LogP) is 1.65. The first-order valence-corrected chi connectivity index (χ1v) is 3.76. The van der Waals surface area contributed by atoms with Crippen molar-refractivity contribution < 1.29 is 4.74 Å². The summed E-state index contributed by atoms with van der Waals surface area (Å²) in [5.41, 5.74) is 0. The summed E-state index contributed by atoms with van der Waals surface area (Å²) in [6.45, 7) is 5.31. The molecule has 0 aromatic rings. The highest BCUT2D eigenvalue weighted by molar-refractivity contribution is 4.97. The maximum absolute atomic E-state index is 4.94. The number of allylic oxidation sites excluding steroid dienone is 2. The minimum absolute atomic E-state index is 0.696. The van der Waals surface area contributed by atoms with Gasteiger partial charge in [-0.3, -0.25) is 4.90 Å². The van der Waals surface area contributed by atoms with Gasteiger partial charge in [-0.1, -0.05) is 24.8 Å². The third kappa shape index (κ3) is 7.30. The standard InChI is InChI=1S/C9H17NO/c1-4-5-6-7-8-10(2)9-11-3/h4-6H,1,7-9H2,2-3H3/b6-5+. The molecule has 0 radical (unpaired) electrons. The van der Waals surface area contributed by atoms with Crippen LogP contribution in [0.4, 0.5) is 0 Å². The number of ether oxygens (including phenoxy) is 1. The number of methoxy groups -OCH3 is 1. The Labute approximate surface area is 69.2 Å². The van der Waals surface area contributed by atoms with E-state index in [1.165, 1.54) is 0 Å². The first-order valence-electron chi connectivity index (χ1n) is 3.76. The van der Waals surface area contributed by atoms with Gasteiger partial charge in [0.15, 0.2) is 0 Å². The Kier molecular flexibility index (Phi) is 7.10. The molecule has 2 heteroatoms. The van der Waals surface area contributed by atoms with Crippen LogP contribution < -0.4 is 0 Å². The molecule has 11 heavy (non-hydrogen) atoms. The van der Waals surface area contributed by atoms with Crippen molar-refractivity contribution in [2.75, 3.05) is 27.4 Å². The molecular weight excluding hydrogens is 138 g/mol. The zero-order valence-corrected chi connectivity index (χ0v) is 7.42. The first kappa shape index (κ1) is 10.4. The van der Waals surface area contributed by atoms with Gasteiger partial charge in [0.25, 0.3) is 0 Å². The summed E-state index contributed by atoms with van der Waals surface area (Å²) in [4.78, 5) is 2.12. The van der Waals surface area contributed by atoms with Crippen LogP contribution in [-0.4, -0.2) is 32.3 Å². The molecule has 0 unspecified atom stereocenters. The van der Waals surface area contributed by atoms with Crippen LogP contribution in [0.15, 0.2) is 24.8 Å². The van der Waals surface area contributed by atoms with Crippen LogP contribution in [0.3, 0.4) is 0 Å². The van der Waals surface area contributed by atoms with Crippen LogP contribution in [-0.2, 0) is 4.74 Å². The van der Waals surface area contributed by atoms with Gasteiger partial charge in [-0.25, -0.2) is 0 Å². The van der Waals surface area contributed by atoms with Crippen LogP contribution >= 0.6 is 0 Å². The van der Waals surface area contributed by atoms with Crippen molar-refractivity contribution in [1.82, 2.24) is 4.90 Å². The highest BCUT2D eigenvalue weighted by Crippen LogP contribution is 1.88. The highest BCUT2D eigenvalue weighted by Gasteiger charge is 1.92. The minimum atomic E-state index is 0.696. The van der Waals surface area contributed by atoms with Gasteiger partial charge in [0.05, 0.1) is 6.73 Å². The van der Waals surface area contributed by atoms with Crippen LogP contribution in [0.25, 0.3) is 0 Å². The largest absolute Gasteiger partial charge is 0.369 e. The zero-order valence-electron chi connectivity index (χ0n) is 7.42. The zero-order chi connectivity index (χ0) is 8.53. The number of hydrogen-bond donors (Lipinski definition) is 0. The molecule has 0 aliphatic rings. The second-order valence-electron chi connectivity index (χ2n) is 2.45. The summed E-state index contributed by atoms with van der Waals surface area (Å²) in [5, 5.41) is 0. The fraction of sp³-hybridized carbons (Fsp3) is 0.556. The average molecular weight is 155 g/mol. The lowest BCUT2D eigenvalue weighted by Gasteiger charge is -2.12. The number of nitrogens with zero attached hydrogens (tertiary/aromatic N) is 1. The van der Waals surface area contributed by atoms with Crippen molar-refractivity contribution in [3.05, 3.63) is 24.8 Å². The van der Waals surface area contributed by atoms with Gasteiger partial charge < -0.3 is 4.74 Å². The van der Waals surface area contributed by atoms with Crippen molar-refractivity contribution >= 4 is 0 Å². The second kappa shape index (κ2) is 7.51. The summed E-state index contributed by atoms with van der Waals surface area (Å²) in [7, 11) is 3.74. The summed E-state index contributed by atoms with van der Waals surface area (Å²) in [5.74, 6) is 0. The molecule has 2 nitrogen and oxygen atoms in total. The average Bonchev–Trinajstić information content (AvgIpc) is 1.99. The Bertz CT molecular complexity index is 121. The maximum Gasteiger partial charge on any atom is 0.0984 e. The van der Waals surface area contributed by atoms with E-state index >= 15 is 0 Å². The molecule has 64 valence electrons. The van der Waals surface area contributed by atoms with Crippen molar-refractivity contribution in [3.63, 3.8) is 0 Å². The Hall–Kier alpha value is -0.600. The lowest BCUT2D eigenvalue weighted by molar-refractivity contribution is 0.0831. The van der Waals surface area contributed by atoms with Crippen molar-refractivity contribution in [3.8, 4) is 0 Å². The fourth-order valence-corrected chi connectivity index (χ4v) is 0.772. The third-order valence-electron chi connectivity index (χ3n) is 1.30. The van der Waals surface area contributed by atoms with Crippen LogP contribution in [0.5, 0.6) is 0 Å². The van der Waals surface area contributed by atoms with E-state index in [0.29, 0.717) is 6.73 Å². The topological polar surface area (TPSA) is 12.5 Å². The van der Waals surface area contributed by atoms with Crippen LogP contribution in [0, 0.1) is 0 Å². The molecule has 0 bridgehead atoms. The van der Waals surface area contributed by atoms with E-state index in [-0.39, 0.29) is 0 Å². The van der Waals surface area contributed by atoms with E-state index in [4.69, 9.17) is 4.74 Å². The Morgan fingerprint density at radius 1 is 1.55 bits per heavy atom. The van der Waals surface area contributed by atoms with E-state index in [2.05, 4.69) is 17.6 Å². The van der Waals surface area contributed by atoms with Gasteiger partial charge in [0, 0.05) is 13.7 Å². The molecule has 0 heterocycles. The van der Waals surface area contributed by atoms with Gasteiger partial charge in [-0.15, -0.1) is 0 Å². The molecule has 0 amide bonds. The van der Waals surface area contributed by atoms with Crippen molar-refractivity contribution in [2.45, 2.75) is 6.42 Å².